The molecule has 0 bridgehead atoms. The number of pyridine rings is 1. The SMILES string of the molecule is COC1=C(c2c(C)noc2C)C=C2Nc3ccnc(-c4cn[nH]c4C)c3C2C1. The quantitative estimate of drug-likeness (QED) is 0.712. The second kappa shape index (κ2) is 6.09. The zero-order chi connectivity index (χ0) is 19.4. The number of rotatable bonds is 3. The van der Waals surface area contributed by atoms with Gasteiger partial charge in [0.15, 0.2) is 0 Å². The second-order valence-electron chi connectivity index (χ2n) is 7.25. The molecule has 0 spiro atoms. The van der Waals surface area contributed by atoms with Crippen LogP contribution in [0, 0.1) is 20.8 Å². The Morgan fingerprint density at radius 1 is 1.25 bits per heavy atom. The Morgan fingerprint density at radius 3 is 2.79 bits per heavy atom. The molecular formula is C21H21N5O2. The highest BCUT2D eigenvalue weighted by Gasteiger charge is 2.36. The molecule has 4 heterocycles. The van der Waals surface area contributed by atoms with Crippen molar-refractivity contribution in [1.82, 2.24) is 20.3 Å². The van der Waals surface area contributed by atoms with Crippen molar-refractivity contribution < 1.29 is 9.26 Å². The van der Waals surface area contributed by atoms with Crippen molar-refractivity contribution in [3.05, 3.63) is 64.3 Å². The van der Waals surface area contributed by atoms with Crippen molar-refractivity contribution >= 4 is 11.3 Å². The Bertz CT molecular complexity index is 1130. The molecule has 0 aromatic carbocycles. The molecule has 0 fully saturated rings. The van der Waals surface area contributed by atoms with Gasteiger partial charge in [-0.3, -0.25) is 10.1 Å². The summed E-state index contributed by atoms with van der Waals surface area (Å²) in [5, 5.41) is 14.9. The molecule has 28 heavy (non-hydrogen) atoms. The number of aryl methyl sites for hydroxylation is 3. The van der Waals surface area contributed by atoms with Crippen molar-refractivity contribution in [2.75, 3.05) is 12.4 Å². The highest BCUT2D eigenvalue weighted by atomic mass is 16.5. The van der Waals surface area contributed by atoms with Gasteiger partial charge in [0.1, 0.15) is 11.5 Å². The third-order valence-corrected chi connectivity index (χ3v) is 5.62. The molecule has 1 aliphatic carbocycles. The van der Waals surface area contributed by atoms with Crippen LogP contribution < -0.4 is 5.32 Å². The molecule has 0 saturated heterocycles. The lowest BCUT2D eigenvalue weighted by Crippen LogP contribution is -2.11. The molecule has 0 radical (unpaired) electrons. The Balaban J connectivity index is 1.64. The number of anilines is 1. The third kappa shape index (κ3) is 2.32. The van der Waals surface area contributed by atoms with Gasteiger partial charge < -0.3 is 14.6 Å². The van der Waals surface area contributed by atoms with E-state index in [-0.39, 0.29) is 5.92 Å². The molecule has 1 aliphatic heterocycles. The first-order valence-electron chi connectivity index (χ1n) is 9.26. The molecule has 1 atom stereocenters. The number of H-pyrrole nitrogens is 1. The number of fused-ring (bicyclic) bond motifs is 3. The Morgan fingerprint density at radius 2 is 2.11 bits per heavy atom. The summed E-state index contributed by atoms with van der Waals surface area (Å²) in [6.45, 7) is 5.90. The average molecular weight is 375 g/mol. The van der Waals surface area contributed by atoms with Gasteiger partial charge in [-0.15, -0.1) is 0 Å². The van der Waals surface area contributed by atoms with Crippen molar-refractivity contribution in [3.63, 3.8) is 0 Å². The number of aromatic amines is 1. The highest BCUT2D eigenvalue weighted by molar-refractivity contribution is 5.85. The molecule has 3 aromatic heterocycles. The Kier molecular flexibility index (Phi) is 3.65. The van der Waals surface area contributed by atoms with Crippen molar-refractivity contribution in [2.45, 2.75) is 33.1 Å². The van der Waals surface area contributed by atoms with Crippen LogP contribution in [0.4, 0.5) is 5.69 Å². The largest absolute Gasteiger partial charge is 0.500 e. The normalized spacial score (nSPS) is 17.9. The first-order chi connectivity index (χ1) is 13.6. The number of hydrogen-bond acceptors (Lipinski definition) is 6. The van der Waals surface area contributed by atoms with Gasteiger partial charge in [0, 0.05) is 52.3 Å². The van der Waals surface area contributed by atoms with Crippen LogP contribution in [0.3, 0.4) is 0 Å². The molecule has 2 aliphatic rings. The van der Waals surface area contributed by atoms with E-state index in [9.17, 15) is 0 Å². The lowest BCUT2D eigenvalue weighted by atomic mass is 9.84. The van der Waals surface area contributed by atoms with Gasteiger partial charge >= 0.3 is 0 Å². The molecule has 7 heteroatoms. The summed E-state index contributed by atoms with van der Waals surface area (Å²) >= 11 is 0. The van der Waals surface area contributed by atoms with E-state index in [4.69, 9.17) is 9.26 Å². The highest BCUT2D eigenvalue weighted by Crippen LogP contribution is 2.50. The Labute approximate surface area is 162 Å². The number of ether oxygens (including phenoxy) is 1. The van der Waals surface area contributed by atoms with E-state index >= 15 is 0 Å². The third-order valence-electron chi connectivity index (χ3n) is 5.62. The van der Waals surface area contributed by atoms with E-state index in [0.29, 0.717) is 0 Å². The monoisotopic (exact) mass is 375 g/mol. The first-order valence-corrected chi connectivity index (χ1v) is 9.26. The van der Waals surface area contributed by atoms with Gasteiger partial charge in [0.2, 0.25) is 0 Å². The Hall–Kier alpha value is -3.35. The van der Waals surface area contributed by atoms with E-state index in [2.05, 4.69) is 31.7 Å². The van der Waals surface area contributed by atoms with Gasteiger partial charge in [-0.25, -0.2) is 0 Å². The van der Waals surface area contributed by atoms with E-state index in [1.54, 1.807) is 7.11 Å². The van der Waals surface area contributed by atoms with E-state index in [1.807, 2.05) is 39.2 Å². The minimum Gasteiger partial charge on any atom is -0.500 e. The number of hydrogen-bond donors (Lipinski definition) is 2. The van der Waals surface area contributed by atoms with Crippen molar-refractivity contribution in [1.29, 1.82) is 0 Å². The molecule has 142 valence electrons. The van der Waals surface area contributed by atoms with Crippen molar-refractivity contribution in [3.8, 4) is 11.3 Å². The fourth-order valence-electron chi connectivity index (χ4n) is 4.29. The van der Waals surface area contributed by atoms with E-state index in [0.717, 1.165) is 63.1 Å². The predicted molar refractivity (Wildman–Crippen MR) is 106 cm³/mol. The van der Waals surface area contributed by atoms with Crippen LogP contribution in [0.15, 0.2) is 40.5 Å². The van der Waals surface area contributed by atoms with Gasteiger partial charge in [-0.1, -0.05) is 5.16 Å². The summed E-state index contributed by atoms with van der Waals surface area (Å²) < 4.78 is 11.2. The van der Waals surface area contributed by atoms with Crippen LogP contribution in [0.1, 0.15) is 40.6 Å². The van der Waals surface area contributed by atoms with Crippen LogP contribution in [0.2, 0.25) is 0 Å². The van der Waals surface area contributed by atoms with Crippen LogP contribution >= 0.6 is 0 Å². The number of aromatic nitrogens is 4. The molecule has 7 nitrogen and oxygen atoms in total. The summed E-state index contributed by atoms with van der Waals surface area (Å²) in [6, 6.07) is 2.02. The predicted octanol–water partition coefficient (Wildman–Crippen LogP) is 4.24. The standard InChI is InChI=1S/C21H21N5O2/c1-10-15(9-23-25-10)21-20-13-8-18(27-4)14(19-11(2)26-28-12(19)3)7-17(13)24-16(20)5-6-22-21/h5-7,9,13,24H,8H2,1-4H3,(H,23,25). The lowest BCUT2D eigenvalue weighted by Gasteiger charge is -2.23. The fraction of sp³-hybridized carbons (Fsp3) is 0.286. The van der Waals surface area contributed by atoms with Gasteiger partial charge in [-0.2, -0.15) is 5.10 Å². The number of nitrogens with zero attached hydrogens (tertiary/aromatic N) is 3. The maximum atomic E-state index is 5.81. The average Bonchev–Trinajstić information content (AvgIpc) is 3.37. The topological polar surface area (TPSA) is 88.9 Å². The minimum absolute atomic E-state index is 0.159. The maximum Gasteiger partial charge on any atom is 0.141 e. The van der Waals surface area contributed by atoms with Crippen LogP contribution in [-0.2, 0) is 4.74 Å². The summed E-state index contributed by atoms with van der Waals surface area (Å²) in [6.07, 6.45) is 6.58. The number of allylic oxidation sites excluding steroid dienone is 4. The molecule has 1 unspecified atom stereocenters. The zero-order valence-corrected chi connectivity index (χ0v) is 16.3. The van der Waals surface area contributed by atoms with Gasteiger partial charge in [0.25, 0.3) is 0 Å². The summed E-state index contributed by atoms with van der Waals surface area (Å²) in [5.41, 5.74) is 9.30. The van der Waals surface area contributed by atoms with Crippen LogP contribution in [-0.4, -0.2) is 27.4 Å². The first kappa shape index (κ1) is 16.8. The second-order valence-corrected chi connectivity index (χ2v) is 7.25. The smallest absolute Gasteiger partial charge is 0.141 e. The molecule has 0 saturated carbocycles. The van der Waals surface area contributed by atoms with Crippen molar-refractivity contribution in [2.24, 2.45) is 0 Å². The molecular weight excluding hydrogens is 354 g/mol. The van der Waals surface area contributed by atoms with Gasteiger partial charge in [0.05, 0.1) is 30.3 Å². The van der Waals surface area contributed by atoms with E-state index < -0.39 is 0 Å². The lowest BCUT2D eigenvalue weighted by molar-refractivity contribution is 0.274. The molecule has 0 amide bonds. The molecule has 3 aromatic rings. The minimum atomic E-state index is 0.159. The number of methoxy groups -OCH3 is 1. The van der Waals surface area contributed by atoms with Crippen LogP contribution in [0.5, 0.6) is 0 Å². The van der Waals surface area contributed by atoms with Crippen LogP contribution in [0.25, 0.3) is 16.8 Å². The number of nitrogens with one attached hydrogen (secondary N) is 2. The van der Waals surface area contributed by atoms with E-state index in [1.165, 1.54) is 5.56 Å². The summed E-state index contributed by atoms with van der Waals surface area (Å²) in [4.78, 5) is 4.68. The zero-order valence-electron chi connectivity index (χ0n) is 16.3. The molecule has 2 N–H and O–H groups in total. The fourth-order valence-corrected chi connectivity index (χ4v) is 4.29. The molecule has 5 rings (SSSR count). The summed E-state index contributed by atoms with van der Waals surface area (Å²) in [5.74, 6) is 1.88. The maximum absolute atomic E-state index is 5.81. The van der Waals surface area contributed by atoms with Gasteiger partial charge in [-0.05, 0) is 32.9 Å². The summed E-state index contributed by atoms with van der Waals surface area (Å²) in [7, 11) is 1.72.